The molecule has 0 aromatic heterocycles. The molecule has 1 unspecified atom stereocenters. The van der Waals surface area contributed by atoms with E-state index in [9.17, 15) is 10.2 Å². The quantitative estimate of drug-likeness (QED) is 0.748. The van der Waals surface area contributed by atoms with Gasteiger partial charge in [0.25, 0.3) is 0 Å². The molecule has 2 rings (SSSR count). The van der Waals surface area contributed by atoms with E-state index in [1.165, 1.54) is 6.42 Å². The third-order valence-electron chi connectivity index (χ3n) is 5.01. The molecular weight excluding hydrogens is 262 g/mol. The molecule has 0 saturated heterocycles. The highest BCUT2D eigenvalue weighted by atomic mass is 16.3. The summed E-state index contributed by atoms with van der Waals surface area (Å²) in [5, 5.41) is 24.2. The summed E-state index contributed by atoms with van der Waals surface area (Å²) < 4.78 is 0. The Balaban J connectivity index is 1.93. The number of benzene rings is 1. The first-order chi connectivity index (χ1) is 10.1. The lowest BCUT2D eigenvalue weighted by molar-refractivity contribution is -0.0108. The van der Waals surface area contributed by atoms with Crippen molar-refractivity contribution >= 4 is 0 Å². The molecular formula is C18H29NO2. The van der Waals surface area contributed by atoms with Gasteiger partial charge >= 0.3 is 0 Å². The van der Waals surface area contributed by atoms with Crippen molar-refractivity contribution in [1.82, 2.24) is 5.32 Å². The highest BCUT2D eigenvalue weighted by Crippen LogP contribution is 2.34. The Labute approximate surface area is 128 Å². The van der Waals surface area contributed by atoms with Gasteiger partial charge in [-0.05, 0) is 44.1 Å². The molecule has 3 nitrogen and oxygen atoms in total. The number of phenols is 1. The fourth-order valence-electron chi connectivity index (χ4n) is 3.37. The van der Waals surface area contributed by atoms with Gasteiger partial charge in [0.15, 0.2) is 0 Å². The molecule has 21 heavy (non-hydrogen) atoms. The fraction of sp³-hybridized carbons (Fsp3) is 0.667. The van der Waals surface area contributed by atoms with Crippen LogP contribution in [-0.2, 0) is 0 Å². The summed E-state index contributed by atoms with van der Waals surface area (Å²) in [7, 11) is 0. The van der Waals surface area contributed by atoms with Gasteiger partial charge in [0, 0.05) is 18.2 Å². The van der Waals surface area contributed by atoms with Crippen LogP contribution in [0.2, 0.25) is 0 Å². The molecule has 1 aromatic rings. The van der Waals surface area contributed by atoms with Crippen LogP contribution in [-0.4, -0.2) is 22.4 Å². The van der Waals surface area contributed by atoms with E-state index < -0.39 is 5.60 Å². The number of hydrogen-bond acceptors (Lipinski definition) is 3. The van der Waals surface area contributed by atoms with Crippen LogP contribution < -0.4 is 5.32 Å². The number of nitrogens with one attached hydrogen (secondary N) is 1. The Morgan fingerprint density at radius 1 is 1.24 bits per heavy atom. The smallest absolute Gasteiger partial charge is 0.120 e. The number of hydrogen-bond donors (Lipinski definition) is 3. The summed E-state index contributed by atoms with van der Waals surface area (Å²) in [5.74, 6) is 1.11. The highest BCUT2D eigenvalue weighted by molar-refractivity contribution is 5.34. The average molecular weight is 291 g/mol. The number of aliphatic hydroxyl groups is 1. The third-order valence-corrected chi connectivity index (χ3v) is 5.01. The van der Waals surface area contributed by atoms with Crippen molar-refractivity contribution in [2.24, 2.45) is 5.92 Å². The summed E-state index contributed by atoms with van der Waals surface area (Å²) in [6, 6.07) is 7.56. The lowest BCUT2D eigenvalue weighted by Crippen LogP contribution is -2.44. The van der Waals surface area contributed by atoms with E-state index in [0.717, 1.165) is 43.6 Å². The monoisotopic (exact) mass is 291 g/mol. The first kappa shape index (κ1) is 16.3. The van der Waals surface area contributed by atoms with Crippen LogP contribution in [0.3, 0.4) is 0 Å². The second kappa shape index (κ2) is 7.28. The molecule has 3 N–H and O–H groups in total. The maximum Gasteiger partial charge on any atom is 0.120 e. The Kier molecular flexibility index (Phi) is 5.65. The van der Waals surface area contributed by atoms with Crippen LogP contribution in [0, 0.1) is 5.92 Å². The zero-order valence-electron chi connectivity index (χ0n) is 13.3. The summed E-state index contributed by atoms with van der Waals surface area (Å²) in [5.41, 5.74) is 0.342. The molecule has 0 heterocycles. The molecule has 0 radical (unpaired) electrons. The molecule has 1 fully saturated rings. The average Bonchev–Trinajstić information content (AvgIpc) is 2.50. The molecule has 118 valence electrons. The van der Waals surface area contributed by atoms with E-state index >= 15 is 0 Å². The lowest BCUT2D eigenvalue weighted by atomic mass is 9.77. The van der Waals surface area contributed by atoms with Crippen LogP contribution in [0.25, 0.3) is 0 Å². The van der Waals surface area contributed by atoms with E-state index in [2.05, 4.69) is 19.2 Å². The van der Waals surface area contributed by atoms with Crippen LogP contribution >= 0.6 is 0 Å². The molecule has 0 bridgehead atoms. The molecule has 3 heteroatoms. The molecule has 0 amide bonds. The topological polar surface area (TPSA) is 52.5 Å². The minimum absolute atomic E-state index is 0.0964. The van der Waals surface area contributed by atoms with Gasteiger partial charge in [0.1, 0.15) is 5.75 Å². The number of rotatable bonds is 6. The Bertz CT molecular complexity index is 439. The predicted octanol–water partition coefficient (Wildman–Crippen LogP) is 3.76. The normalized spacial score (nSPS) is 27.5. The highest BCUT2D eigenvalue weighted by Gasteiger charge is 2.33. The third kappa shape index (κ3) is 4.21. The number of phenolic OH excluding ortho intramolecular Hbond substituents is 1. The maximum atomic E-state index is 10.7. The van der Waals surface area contributed by atoms with Crippen molar-refractivity contribution in [2.75, 3.05) is 6.54 Å². The minimum Gasteiger partial charge on any atom is -0.508 e. The van der Waals surface area contributed by atoms with Crippen molar-refractivity contribution < 1.29 is 10.2 Å². The standard InChI is InChI=1S/C18H29NO2/c1-3-14-9-11-18(21,12-10-14)13-19-16(4-2)15-7-5-6-8-17(15)20/h5-8,14,16,19-21H,3-4,9-13H2,1-2H3. The summed E-state index contributed by atoms with van der Waals surface area (Å²) in [6.45, 7) is 4.94. The van der Waals surface area contributed by atoms with Crippen LogP contribution in [0.4, 0.5) is 0 Å². The van der Waals surface area contributed by atoms with Gasteiger partial charge in [-0.25, -0.2) is 0 Å². The Hall–Kier alpha value is -1.06. The zero-order chi connectivity index (χ0) is 15.3. The number of aromatic hydroxyl groups is 1. The maximum absolute atomic E-state index is 10.7. The van der Waals surface area contributed by atoms with E-state index in [1.807, 2.05) is 18.2 Å². The number of para-hydroxylation sites is 1. The Morgan fingerprint density at radius 2 is 1.90 bits per heavy atom. The van der Waals surface area contributed by atoms with E-state index in [4.69, 9.17) is 0 Å². The predicted molar refractivity (Wildman–Crippen MR) is 86.3 cm³/mol. The van der Waals surface area contributed by atoms with Crippen molar-refractivity contribution in [3.8, 4) is 5.75 Å². The SMILES string of the molecule is CCC1CCC(O)(CNC(CC)c2ccccc2O)CC1. The van der Waals surface area contributed by atoms with E-state index in [0.29, 0.717) is 12.3 Å². The van der Waals surface area contributed by atoms with Gasteiger partial charge in [-0.15, -0.1) is 0 Å². The van der Waals surface area contributed by atoms with Crippen LogP contribution in [0.15, 0.2) is 24.3 Å². The van der Waals surface area contributed by atoms with Gasteiger partial charge in [-0.1, -0.05) is 38.5 Å². The summed E-state index contributed by atoms with van der Waals surface area (Å²) in [4.78, 5) is 0. The first-order valence-corrected chi connectivity index (χ1v) is 8.31. The lowest BCUT2D eigenvalue weighted by Gasteiger charge is -2.37. The van der Waals surface area contributed by atoms with Crippen molar-refractivity contribution in [3.63, 3.8) is 0 Å². The fourth-order valence-corrected chi connectivity index (χ4v) is 3.37. The second-order valence-electron chi connectivity index (χ2n) is 6.48. The molecule has 1 saturated carbocycles. The minimum atomic E-state index is -0.580. The largest absolute Gasteiger partial charge is 0.508 e. The Morgan fingerprint density at radius 3 is 2.48 bits per heavy atom. The van der Waals surface area contributed by atoms with Crippen LogP contribution in [0.1, 0.15) is 64.0 Å². The van der Waals surface area contributed by atoms with Crippen molar-refractivity contribution in [2.45, 2.75) is 64.0 Å². The molecule has 1 aromatic carbocycles. The molecule has 0 spiro atoms. The first-order valence-electron chi connectivity index (χ1n) is 8.31. The van der Waals surface area contributed by atoms with Crippen molar-refractivity contribution in [3.05, 3.63) is 29.8 Å². The van der Waals surface area contributed by atoms with Gasteiger partial charge < -0.3 is 15.5 Å². The summed E-state index contributed by atoms with van der Waals surface area (Å²) in [6.07, 6.45) is 6.14. The van der Waals surface area contributed by atoms with E-state index in [1.54, 1.807) is 6.07 Å². The molecule has 1 aliphatic rings. The summed E-state index contributed by atoms with van der Waals surface area (Å²) >= 11 is 0. The molecule has 1 atom stereocenters. The van der Waals surface area contributed by atoms with Gasteiger partial charge in [-0.3, -0.25) is 0 Å². The van der Waals surface area contributed by atoms with Gasteiger partial charge in [0.05, 0.1) is 5.60 Å². The molecule has 0 aliphatic heterocycles. The van der Waals surface area contributed by atoms with Crippen molar-refractivity contribution in [1.29, 1.82) is 0 Å². The van der Waals surface area contributed by atoms with E-state index in [-0.39, 0.29) is 6.04 Å². The zero-order valence-corrected chi connectivity index (χ0v) is 13.3. The molecule has 1 aliphatic carbocycles. The van der Waals surface area contributed by atoms with Crippen LogP contribution in [0.5, 0.6) is 5.75 Å². The van der Waals surface area contributed by atoms with Gasteiger partial charge in [0.2, 0.25) is 0 Å². The van der Waals surface area contributed by atoms with Gasteiger partial charge in [-0.2, -0.15) is 0 Å². The second-order valence-corrected chi connectivity index (χ2v) is 6.48.